The SMILES string of the molecule is CCCOc1ccc(NC(=O)[C@@]2(OC)CCC[C@H](C)C2)cc1C#N. The van der Waals surface area contributed by atoms with Gasteiger partial charge in [-0.2, -0.15) is 5.26 Å². The van der Waals surface area contributed by atoms with Gasteiger partial charge in [0.25, 0.3) is 5.91 Å². The number of hydrogen-bond acceptors (Lipinski definition) is 4. The van der Waals surface area contributed by atoms with Crippen LogP contribution in [0.3, 0.4) is 0 Å². The van der Waals surface area contributed by atoms with Crippen LogP contribution >= 0.6 is 0 Å². The van der Waals surface area contributed by atoms with Gasteiger partial charge >= 0.3 is 0 Å². The summed E-state index contributed by atoms with van der Waals surface area (Å²) in [6.45, 7) is 4.72. The topological polar surface area (TPSA) is 71.3 Å². The summed E-state index contributed by atoms with van der Waals surface area (Å²) in [5.41, 5.74) is 0.238. The summed E-state index contributed by atoms with van der Waals surface area (Å²) in [5, 5.41) is 12.2. The number of benzene rings is 1. The molecule has 1 fully saturated rings. The Hall–Kier alpha value is -2.06. The Morgan fingerprint density at radius 2 is 2.29 bits per heavy atom. The number of nitrogens with one attached hydrogen (secondary N) is 1. The summed E-state index contributed by atoms with van der Waals surface area (Å²) >= 11 is 0. The van der Waals surface area contributed by atoms with Gasteiger partial charge in [-0.15, -0.1) is 0 Å². The van der Waals surface area contributed by atoms with Crippen molar-refractivity contribution in [2.45, 2.75) is 51.6 Å². The summed E-state index contributed by atoms with van der Waals surface area (Å²) in [4.78, 5) is 12.8. The predicted molar refractivity (Wildman–Crippen MR) is 92.9 cm³/mol. The number of ether oxygens (including phenoxy) is 2. The van der Waals surface area contributed by atoms with E-state index in [1.54, 1.807) is 25.3 Å². The maximum absolute atomic E-state index is 12.8. The fourth-order valence-electron chi connectivity index (χ4n) is 3.27. The second kappa shape index (κ2) is 8.16. The van der Waals surface area contributed by atoms with Crippen LogP contribution in [0.1, 0.15) is 51.5 Å². The Balaban J connectivity index is 2.15. The molecule has 1 N–H and O–H groups in total. The van der Waals surface area contributed by atoms with Crippen molar-refractivity contribution in [1.29, 1.82) is 5.26 Å². The van der Waals surface area contributed by atoms with E-state index in [4.69, 9.17) is 9.47 Å². The van der Waals surface area contributed by atoms with Crippen molar-refractivity contribution in [3.63, 3.8) is 0 Å². The Kier molecular flexibility index (Phi) is 6.22. The van der Waals surface area contributed by atoms with Crippen LogP contribution in [0, 0.1) is 17.2 Å². The zero-order valence-corrected chi connectivity index (χ0v) is 14.7. The first-order valence-corrected chi connectivity index (χ1v) is 8.58. The molecule has 1 saturated carbocycles. The first-order valence-electron chi connectivity index (χ1n) is 8.58. The molecule has 24 heavy (non-hydrogen) atoms. The third-order valence-corrected chi connectivity index (χ3v) is 4.58. The Morgan fingerprint density at radius 3 is 2.92 bits per heavy atom. The molecule has 5 heteroatoms. The molecule has 0 saturated heterocycles. The van der Waals surface area contributed by atoms with Crippen molar-refractivity contribution in [3.05, 3.63) is 23.8 Å². The Bertz CT molecular complexity index is 624. The van der Waals surface area contributed by atoms with Crippen LogP contribution in [0.15, 0.2) is 18.2 Å². The van der Waals surface area contributed by atoms with E-state index in [1.165, 1.54) is 0 Å². The number of carbonyl (C=O) groups is 1. The second-order valence-electron chi connectivity index (χ2n) is 6.53. The lowest BCUT2D eigenvalue weighted by Gasteiger charge is -2.37. The highest BCUT2D eigenvalue weighted by atomic mass is 16.5. The monoisotopic (exact) mass is 330 g/mol. The summed E-state index contributed by atoms with van der Waals surface area (Å²) in [5.74, 6) is 0.872. The molecule has 0 unspecified atom stereocenters. The number of anilines is 1. The minimum Gasteiger partial charge on any atom is -0.492 e. The van der Waals surface area contributed by atoms with Crippen LogP contribution in [0.5, 0.6) is 5.75 Å². The van der Waals surface area contributed by atoms with Crippen molar-refractivity contribution >= 4 is 11.6 Å². The molecule has 0 heterocycles. The molecule has 1 aromatic rings. The molecule has 0 bridgehead atoms. The smallest absolute Gasteiger partial charge is 0.256 e. The largest absolute Gasteiger partial charge is 0.492 e. The molecule has 1 aromatic carbocycles. The van der Waals surface area contributed by atoms with Crippen molar-refractivity contribution in [2.75, 3.05) is 19.0 Å². The highest BCUT2D eigenvalue weighted by Crippen LogP contribution is 2.36. The zero-order valence-electron chi connectivity index (χ0n) is 14.7. The van der Waals surface area contributed by atoms with Crippen LogP contribution < -0.4 is 10.1 Å². The van der Waals surface area contributed by atoms with Crippen molar-refractivity contribution in [2.24, 2.45) is 5.92 Å². The molecule has 5 nitrogen and oxygen atoms in total. The maximum Gasteiger partial charge on any atom is 0.256 e. The number of carbonyl (C=O) groups excluding carboxylic acids is 1. The lowest BCUT2D eigenvalue weighted by molar-refractivity contribution is -0.143. The maximum atomic E-state index is 12.8. The number of hydrogen-bond donors (Lipinski definition) is 1. The molecule has 0 spiro atoms. The Morgan fingerprint density at radius 1 is 1.50 bits per heavy atom. The highest BCUT2D eigenvalue weighted by molar-refractivity contribution is 5.97. The van der Waals surface area contributed by atoms with E-state index in [1.807, 2.05) is 6.92 Å². The van der Waals surface area contributed by atoms with E-state index in [0.717, 1.165) is 32.1 Å². The highest BCUT2D eigenvalue weighted by Gasteiger charge is 2.42. The minimum atomic E-state index is -0.776. The number of nitriles is 1. The molecule has 130 valence electrons. The van der Waals surface area contributed by atoms with Gasteiger partial charge in [-0.1, -0.05) is 20.3 Å². The summed E-state index contributed by atoms with van der Waals surface area (Å²) < 4.78 is 11.2. The average Bonchev–Trinajstić information content (AvgIpc) is 2.60. The standard InChI is InChI=1S/C19H26N2O3/c1-4-10-24-17-8-7-16(11-15(17)13-20)21-18(22)19(23-3)9-5-6-14(2)12-19/h7-8,11,14H,4-6,9-10,12H2,1-3H3,(H,21,22)/t14-,19+/m0/s1. The van der Waals surface area contributed by atoms with Gasteiger partial charge in [-0.05, 0) is 49.8 Å². The van der Waals surface area contributed by atoms with Crippen LogP contribution in [0.25, 0.3) is 0 Å². The van der Waals surface area contributed by atoms with E-state index in [9.17, 15) is 10.1 Å². The third-order valence-electron chi connectivity index (χ3n) is 4.58. The molecule has 0 aliphatic heterocycles. The molecule has 0 aromatic heterocycles. The van der Waals surface area contributed by atoms with Gasteiger partial charge in [-0.25, -0.2) is 0 Å². The lowest BCUT2D eigenvalue weighted by Crippen LogP contribution is -2.47. The average molecular weight is 330 g/mol. The number of rotatable bonds is 6. The fraction of sp³-hybridized carbons (Fsp3) is 0.579. The summed E-state index contributed by atoms with van der Waals surface area (Å²) in [6, 6.07) is 7.26. The first-order chi connectivity index (χ1) is 11.5. The van der Waals surface area contributed by atoms with E-state index in [2.05, 4.69) is 18.3 Å². The molecule has 2 rings (SSSR count). The molecule has 0 radical (unpaired) electrons. The second-order valence-corrected chi connectivity index (χ2v) is 6.53. The van der Waals surface area contributed by atoms with Gasteiger partial charge in [0.1, 0.15) is 17.4 Å². The quantitative estimate of drug-likeness (QED) is 0.859. The summed E-state index contributed by atoms with van der Waals surface area (Å²) in [7, 11) is 1.60. The van der Waals surface area contributed by atoms with Crippen LogP contribution in [-0.2, 0) is 9.53 Å². The van der Waals surface area contributed by atoms with Gasteiger partial charge in [-0.3, -0.25) is 4.79 Å². The van der Waals surface area contributed by atoms with Crippen molar-refractivity contribution in [3.8, 4) is 11.8 Å². The fourth-order valence-corrected chi connectivity index (χ4v) is 3.27. The molecule has 2 atom stereocenters. The molecular weight excluding hydrogens is 304 g/mol. The van der Waals surface area contributed by atoms with Gasteiger partial charge in [0.15, 0.2) is 0 Å². The summed E-state index contributed by atoms with van der Waals surface area (Å²) in [6.07, 6.45) is 4.43. The lowest BCUT2D eigenvalue weighted by atomic mass is 9.78. The zero-order chi connectivity index (χ0) is 17.6. The Labute approximate surface area is 144 Å². The number of nitrogens with zero attached hydrogens (tertiary/aromatic N) is 1. The molecule has 1 aliphatic rings. The third kappa shape index (κ3) is 4.07. The van der Waals surface area contributed by atoms with E-state index in [-0.39, 0.29) is 5.91 Å². The van der Waals surface area contributed by atoms with Crippen molar-refractivity contribution in [1.82, 2.24) is 0 Å². The molecular formula is C19H26N2O3. The number of amides is 1. The van der Waals surface area contributed by atoms with E-state index < -0.39 is 5.60 Å². The first kappa shape index (κ1) is 18.3. The number of methoxy groups -OCH3 is 1. The van der Waals surface area contributed by atoms with Gasteiger partial charge in [0.2, 0.25) is 0 Å². The van der Waals surface area contributed by atoms with Crippen LogP contribution in [0.4, 0.5) is 5.69 Å². The van der Waals surface area contributed by atoms with Crippen LogP contribution in [-0.4, -0.2) is 25.2 Å². The van der Waals surface area contributed by atoms with E-state index >= 15 is 0 Å². The normalized spacial score (nSPS) is 23.3. The van der Waals surface area contributed by atoms with Crippen LogP contribution in [0.2, 0.25) is 0 Å². The minimum absolute atomic E-state index is 0.136. The van der Waals surface area contributed by atoms with Gasteiger partial charge < -0.3 is 14.8 Å². The van der Waals surface area contributed by atoms with E-state index in [0.29, 0.717) is 29.5 Å². The predicted octanol–water partition coefficient (Wildman–Crippen LogP) is 3.88. The van der Waals surface area contributed by atoms with Gasteiger partial charge in [0.05, 0.1) is 12.2 Å². The molecule has 1 aliphatic carbocycles. The van der Waals surface area contributed by atoms with Gasteiger partial charge in [0, 0.05) is 12.8 Å². The van der Waals surface area contributed by atoms with Crippen molar-refractivity contribution < 1.29 is 14.3 Å². The molecule has 1 amide bonds.